The van der Waals surface area contributed by atoms with Crippen molar-refractivity contribution in [3.8, 4) is 0 Å². The smallest absolute Gasteiger partial charge is 0.258 e. The Morgan fingerprint density at radius 2 is 1.84 bits per heavy atom. The number of amides is 1. The summed E-state index contributed by atoms with van der Waals surface area (Å²) in [6.07, 6.45) is 0. The van der Waals surface area contributed by atoms with Gasteiger partial charge in [-0.3, -0.25) is 4.79 Å². The fraction of sp³-hybridized carbons (Fsp3) is 0.0714. The molecule has 0 radical (unpaired) electrons. The van der Waals surface area contributed by atoms with Crippen LogP contribution in [0, 0.1) is 11.6 Å². The zero-order chi connectivity index (χ0) is 14.0. The average molecular weight is 262 g/mol. The van der Waals surface area contributed by atoms with E-state index in [1.807, 2.05) is 0 Å². The lowest BCUT2D eigenvalue weighted by molar-refractivity contribution is 0.0992. The van der Waals surface area contributed by atoms with Crippen molar-refractivity contribution >= 4 is 17.3 Å². The number of nitrogens with zero attached hydrogens (tertiary/aromatic N) is 1. The Bertz CT molecular complexity index is 608. The van der Waals surface area contributed by atoms with Crippen LogP contribution in [0.25, 0.3) is 0 Å². The molecule has 1 amide bonds. The van der Waals surface area contributed by atoms with Crippen molar-refractivity contribution in [2.75, 3.05) is 17.7 Å². The zero-order valence-corrected chi connectivity index (χ0v) is 10.2. The highest BCUT2D eigenvalue weighted by molar-refractivity contribution is 6.06. The summed E-state index contributed by atoms with van der Waals surface area (Å²) < 4.78 is 26.8. The number of carbonyl (C=O) groups excluding carboxylic acids is 1. The van der Waals surface area contributed by atoms with Crippen LogP contribution in [0.5, 0.6) is 0 Å². The molecule has 0 aliphatic rings. The molecule has 2 N–H and O–H groups in total. The second-order valence-electron chi connectivity index (χ2n) is 4.09. The van der Waals surface area contributed by atoms with E-state index < -0.39 is 17.5 Å². The summed E-state index contributed by atoms with van der Waals surface area (Å²) in [6.45, 7) is 0. The summed E-state index contributed by atoms with van der Waals surface area (Å²) in [6, 6.07) is 9.38. The molecular formula is C14H12F2N2O. The van der Waals surface area contributed by atoms with Crippen LogP contribution >= 0.6 is 0 Å². The molecule has 0 spiro atoms. The maximum absolute atomic E-state index is 13.6. The SMILES string of the molecule is CN(C(=O)c1cc(N)cc(F)c1)c1ccccc1F. The number of nitrogens with two attached hydrogens (primary N) is 1. The Kier molecular flexibility index (Phi) is 3.46. The normalized spacial score (nSPS) is 10.3. The van der Waals surface area contributed by atoms with Crippen LogP contribution in [0.3, 0.4) is 0 Å². The lowest BCUT2D eigenvalue weighted by Crippen LogP contribution is -2.27. The molecule has 5 heteroatoms. The number of nitrogen functional groups attached to an aromatic ring is 1. The van der Waals surface area contributed by atoms with Gasteiger partial charge in [0.2, 0.25) is 0 Å². The maximum Gasteiger partial charge on any atom is 0.258 e. The van der Waals surface area contributed by atoms with Gasteiger partial charge in [-0.2, -0.15) is 0 Å². The maximum atomic E-state index is 13.6. The van der Waals surface area contributed by atoms with Crippen molar-refractivity contribution in [2.24, 2.45) is 0 Å². The lowest BCUT2D eigenvalue weighted by atomic mass is 10.1. The van der Waals surface area contributed by atoms with Gasteiger partial charge < -0.3 is 10.6 Å². The Balaban J connectivity index is 2.36. The first-order chi connectivity index (χ1) is 8.99. The second kappa shape index (κ2) is 5.06. The molecule has 2 aromatic carbocycles. The highest BCUT2D eigenvalue weighted by Gasteiger charge is 2.17. The number of carbonyl (C=O) groups is 1. The number of rotatable bonds is 2. The van der Waals surface area contributed by atoms with Crippen molar-refractivity contribution in [2.45, 2.75) is 0 Å². The van der Waals surface area contributed by atoms with Gasteiger partial charge in [-0.1, -0.05) is 12.1 Å². The van der Waals surface area contributed by atoms with Crippen molar-refractivity contribution in [1.29, 1.82) is 0 Å². The number of halogens is 2. The summed E-state index contributed by atoms with van der Waals surface area (Å²) >= 11 is 0. The molecule has 0 aromatic heterocycles. The van der Waals surface area contributed by atoms with E-state index in [4.69, 9.17) is 5.73 Å². The number of hydrogen-bond donors (Lipinski definition) is 1. The first-order valence-electron chi connectivity index (χ1n) is 5.57. The molecule has 0 atom stereocenters. The van der Waals surface area contributed by atoms with Crippen LogP contribution in [-0.2, 0) is 0 Å². The number of hydrogen-bond acceptors (Lipinski definition) is 2. The van der Waals surface area contributed by atoms with E-state index in [1.165, 1.54) is 31.3 Å². The molecule has 19 heavy (non-hydrogen) atoms. The van der Waals surface area contributed by atoms with Crippen LogP contribution < -0.4 is 10.6 Å². The minimum absolute atomic E-state index is 0.0725. The standard InChI is InChI=1S/C14H12F2N2O/c1-18(13-5-3-2-4-12(13)16)14(19)9-6-10(15)8-11(17)7-9/h2-8H,17H2,1H3. The minimum atomic E-state index is -0.606. The molecule has 0 aliphatic heterocycles. The number of para-hydroxylation sites is 1. The van der Waals surface area contributed by atoms with Crippen molar-refractivity contribution in [3.63, 3.8) is 0 Å². The van der Waals surface area contributed by atoms with E-state index in [0.717, 1.165) is 17.0 Å². The molecule has 0 saturated carbocycles. The molecule has 0 aliphatic carbocycles. The first-order valence-corrected chi connectivity index (χ1v) is 5.57. The van der Waals surface area contributed by atoms with Crippen molar-refractivity contribution < 1.29 is 13.6 Å². The third-order valence-electron chi connectivity index (χ3n) is 2.69. The molecule has 0 heterocycles. The summed E-state index contributed by atoms with van der Waals surface area (Å²) in [5, 5.41) is 0. The topological polar surface area (TPSA) is 46.3 Å². The van der Waals surface area contributed by atoms with Crippen molar-refractivity contribution in [3.05, 3.63) is 59.7 Å². The lowest BCUT2D eigenvalue weighted by Gasteiger charge is -2.18. The van der Waals surface area contributed by atoms with Crippen LogP contribution in [0.15, 0.2) is 42.5 Å². The van der Waals surface area contributed by atoms with Gasteiger partial charge in [0.15, 0.2) is 0 Å². The number of anilines is 2. The average Bonchev–Trinajstić information content (AvgIpc) is 2.36. The molecule has 3 nitrogen and oxygen atoms in total. The van der Waals surface area contributed by atoms with Crippen LogP contribution in [0.1, 0.15) is 10.4 Å². The van der Waals surface area contributed by atoms with E-state index in [1.54, 1.807) is 6.07 Å². The molecule has 2 rings (SSSR count). The van der Waals surface area contributed by atoms with Gasteiger partial charge in [0.1, 0.15) is 11.6 Å². The molecule has 0 fully saturated rings. The third kappa shape index (κ3) is 2.70. The highest BCUT2D eigenvalue weighted by Crippen LogP contribution is 2.20. The molecular weight excluding hydrogens is 250 g/mol. The monoisotopic (exact) mass is 262 g/mol. The zero-order valence-electron chi connectivity index (χ0n) is 10.2. The molecule has 0 bridgehead atoms. The first kappa shape index (κ1) is 13.0. The predicted molar refractivity (Wildman–Crippen MR) is 69.9 cm³/mol. The fourth-order valence-electron chi connectivity index (χ4n) is 1.76. The van der Waals surface area contributed by atoms with E-state index in [-0.39, 0.29) is 16.9 Å². The van der Waals surface area contributed by atoms with Gasteiger partial charge in [0.25, 0.3) is 5.91 Å². The van der Waals surface area contributed by atoms with E-state index >= 15 is 0 Å². The second-order valence-corrected chi connectivity index (χ2v) is 4.09. The molecule has 98 valence electrons. The van der Waals surface area contributed by atoms with E-state index in [2.05, 4.69) is 0 Å². The summed E-state index contributed by atoms with van der Waals surface area (Å²) in [5.74, 6) is -1.66. The number of benzene rings is 2. The largest absolute Gasteiger partial charge is 0.399 e. The highest BCUT2D eigenvalue weighted by atomic mass is 19.1. The van der Waals surface area contributed by atoms with Gasteiger partial charge in [-0.05, 0) is 30.3 Å². The Hall–Kier alpha value is -2.43. The van der Waals surface area contributed by atoms with Gasteiger partial charge in [-0.25, -0.2) is 8.78 Å². The van der Waals surface area contributed by atoms with Crippen molar-refractivity contribution in [1.82, 2.24) is 0 Å². The fourth-order valence-corrected chi connectivity index (χ4v) is 1.76. The molecule has 0 saturated heterocycles. The Morgan fingerprint density at radius 1 is 1.16 bits per heavy atom. The quantitative estimate of drug-likeness (QED) is 0.846. The Morgan fingerprint density at radius 3 is 2.47 bits per heavy atom. The summed E-state index contributed by atoms with van der Waals surface area (Å²) in [4.78, 5) is 13.3. The van der Waals surface area contributed by atoms with E-state index in [9.17, 15) is 13.6 Å². The van der Waals surface area contributed by atoms with Crippen LogP contribution in [-0.4, -0.2) is 13.0 Å². The van der Waals surface area contributed by atoms with Crippen LogP contribution in [0.4, 0.5) is 20.2 Å². The van der Waals surface area contributed by atoms with Gasteiger partial charge in [0, 0.05) is 18.3 Å². The summed E-state index contributed by atoms with van der Waals surface area (Å²) in [7, 11) is 1.42. The van der Waals surface area contributed by atoms with Gasteiger partial charge in [0.05, 0.1) is 5.69 Å². The third-order valence-corrected chi connectivity index (χ3v) is 2.69. The van der Waals surface area contributed by atoms with Gasteiger partial charge in [-0.15, -0.1) is 0 Å². The Labute approximate surface area is 109 Å². The predicted octanol–water partition coefficient (Wildman–Crippen LogP) is 2.82. The van der Waals surface area contributed by atoms with Gasteiger partial charge >= 0.3 is 0 Å². The summed E-state index contributed by atoms with van der Waals surface area (Å²) in [5.41, 5.74) is 5.82. The van der Waals surface area contributed by atoms with Crippen LogP contribution in [0.2, 0.25) is 0 Å². The molecule has 2 aromatic rings. The van der Waals surface area contributed by atoms with E-state index in [0.29, 0.717) is 0 Å². The molecule has 0 unspecified atom stereocenters. The minimum Gasteiger partial charge on any atom is -0.399 e.